The summed E-state index contributed by atoms with van der Waals surface area (Å²) in [7, 11) is 1.90. The molecule has 1 aromatic carbocycles. The summed E-state index contributed by atoms with van der Waals surface area (Å²) < 4.78 is 1.82. The second-order valence-electron chi connectivity index (χ2n) is 4.90. The minimum Gasteiger partial charge on any atom is -0.384 e. The third-order valence-electron chi connectivity index (χ3n) is 3.78. The van der Waals surface area contributed by atoms with Gasteiger partial charge >= 0.3 is 0 Å². The Kier molecular flexibility index (Phi) is 3.26. The molecule has 96 valence electrons. The van der Waals surface area contributed by atoms with Crippen molar-refractivity contribution in [3.8, 4) is 0 Å². The van der Waals surface area contributed by atoms with Crippen LogP contribution in [-0.2, 0) is 7.05 Å². The molecular formula is C15H20N2O. The monoisotopic (exact) mass is 244 g/mol. The fraction of sp³-hybridized carbons (Fsp3) is 0.400. The van der Waals surface area contributed by atoms with Crippen molar-refractivity contribution >= 4 is 0 Å². The highest BCUT2D eigenvalue weighted by molar-refractivity contribution is 5.41. The molecule has 0 saturated carbocycles. The molecule has 2 rings (SSSR count). The van der Waals surface area contributed by atoms with Gasteiger partial charge in [-0.2, -0.15) is 5.10 Å². The molecule has 0 aliphatic rings. The predicted octanol–water partition coefficient (Wildman–Crippen LogP) is 2.74. The average molecular weight is 244 g/mol. The van der Waals surface area contributed by atoms with E-state index in [1.807, 2.05) is 37.7 Å². The molecule has 1 N–H and O–H groups in total. The fourth-order valence-corrected chi connectivity index (χ4v) is 2.41. The van der Waals surface area contributed by atoms with Gasteiger partial charge in [-0.15, -0.1) is 0 Å². The molecule has 1 aromatic heterocycles. The average Bonchev–Trinajstić information content (AvgIpc) is 2.56. The Morgan fingerprint density at radius 2 is 1.83 bits per heavy atom. The zero-order valence-corrected chi connectivity index (χ0v) is 11.7. The van der Waals surface area contributed by atoms with Crippen LogP contribution in [0.2, 0.25) is 0 Å². The van der Waals surface area contributed by atoms with E-state index in [-0.39, 0.29) is 0 Å². The van der Waals surface area contributed by atoms with Gasteiger partial charge in [0.1, 0.15) is 6.10 Å². The van der Waals surface area contributed by atoms with E-state index in [0.29, 0.717) is 0 Å². The Bertz CT molecular complexity index is 584. The standard InChI is InChI=1S/C15H20N2O/c1-9-7-6-8-13(10(9)2)15(18)14-11(3)16-17(5)12(14)4/h6-8,15,18H,1-5H3. The number of aliphatic hydroxyl groups is 1. The van der Waals surface area contributed by atoms with E-state index < -0.39 is 6.10 Å². The first-order valence-corrected chi connectivity index (χ1v) is 6.17. The van der Waals surface area contributed by atoms with Crippen LogP contribution in [0.25, 0.3) is 0 Å². The number of hydrogen-bond acceptors (Lipinski definition) is 2. The Morgan fingerprint density at radius 3 is 2.39 bits per heavy atom. The molecule has 1 unspecified atom stereocenters. The fourth-order valence-electron chi connectivity index (χ4n) is 2.41. The van der Waals surface area contributed by atoms with E-state index in [1.165, 1.54) is 5.56 Å². The number of aromatic nitrogens is 2. The van der Waals surface area contributed by atoms with E-state index in [4.69, 9.17) is 0 Å². The number of benzene rings is 1. The van der Waals surface area contributed by atoms with Crippen molar-refractivity contribution in [1.82, 2.24) is 9.78 Å². The number of aryl methyl sites for hydroxylation is 3. The summed E-state index contributed by atoms with van der Waals surface area (Å²) >= 11 is 0. The Balaban J connectivity index is 2.54. The number of nitrogens with zero attached hydrogens (tertiary/aromatic N) is 2. The maximum atomic E-state index is 10.6. The highest BCUT2D eigenvalue weighted by atomic mass is 16.3. The molecule has 0 amide bonds. The lowest BCUT2D eigenvalue weighted by Crippen LogP contribution is -2.05. The summed E-state index contributed by atoms with van der Waals surface area (Å²) in [5.41, 5.74) is 6.14. The summed E-state index contributed by atoms with van der Waals surface area (Å²) in [6, 6.07) is 6.04. The molecule has 0 spiro atoms. The van der Waals surface area contributed by atoms with Gasteiger partial charge < -0.3 is 5.11 Å². The third kappa shape index (κ3) is 1.95. The summed E-state index contributed by atoms with van der Waals surface area (Å²) in [5, 5.41) is 15.0. The van der Waals surface area contributed by atoms with Gasteiger partial charge in [0.25, 0.3) is 0 Å². The molecule has 0 saturated heterocycles. The van der Waals surface area contributed by atoms with Crippen molar-refractivity contribution in [2.75, 3.05) is 0 Å². The topological polar surface area (TPSA) is 38.1 Å². The second kappa shape index (κ2) is 4.58. The Hall–Kier alpha value is -1.61. The molecule has 0 aliphatic carbocycles. The van der Waals surface area contributed by atoms with Gasteiger partial charge in [-0.3, -0.25) is 4.68 Å². The lowest BCUT2D eigenvalue weighted by atomic mass is 9.94. The van der Waals surface area contributed by atoms with Gasteiger partial charge in [-0.1, -0.05) is 18.2 Å². The lowest BCUT2D eigenvalue weighted by molar-refractivity contribution is 0.218. The molecule has 3 heteroatoms. The van der Waals surface area contributed by atoms with Crippen molar-refractivity contribution in [3.05, 3.63) is 51.8 Å². The van der Waals surface area contributed by atoms with Crippen molar-refractivity contribution in [2.45, 2.75) is 33.8 Å². The molecule has 0 aliphatic heterocycles. The molecule has 0 bridgehead atoms. The van der Waals surface area contributed by atoms with E-state index in [0.717, 1.165) is 28.1 Å². The van der Waals surface area contributed by atoms with Gasteiger partial charge in [0.05, 0.1) is 5.69 Å². The SMILES string of the molecule is Cc1cccc(C(O)c2c(C)nn(C)c2C)c1C. The summed E-state index contributed by atoms with van der Waals surface area (Å²) in [5.74, 6) is 0. The van der Waals surface area contributed by atoms with Crippen molar-refractivity contribution in [2.24, 2.45) is 7.05 Å². The maximum Gasteiger partial charge on any atom is 0.108 e. The van der Waals surface area contributed by atoms with E-state index in [9.17, 15) is 5.11 Å². The minimum absolute atomic E-state index is 0.599. The van der Waals surface area contributed by atoms with Crippen molar-refractivity contribution in [3.63, 3.8) is 0 Å². The lowest BCUT2D eigenvalue weighted by Gasteiger charge is -2.16. The molecule has 2 aromatic rings. The maximum absolute atomic E-state index is 10.6. The largest absolute Gasteiger partial charge is 0.384 e. The summed E-state index contributed by atoms with van der Waals surface area (Å²) in [6.07, 6.45) is -0.599. The van der Waals surface area contributed by atoms with E-state index >= 15 is 0 Å². The second-order valence-corrected chi connectivity index (χ2v) is 4.90. The molecule has 1 atom stereocenters. The highest BCUT2D eigenvalue weighted by Crippen LogP contribution is 2.30. The van der Waals surface area contributed by atoms with Gasteiger partial charge in [0.15, 0.2) is 0 Å². The van der Waals surface area contributed by atoms with Gasteiger partial charge in [-0.05, 0) is 44.4 Å². The van der Waals surface area contributed by atoms with Crippen LogP contribution in [0.15, 0.2) is 18.2 Å². The molecule has 1 heterocycles. The van der Waals surface area contributed by atoms with Gasteiger partial charge in [0.2, 0.25) is 0 Å². The summed E-state index contributed by atoms with van der Waals surface area (Å²) in [6.45, 7) is 8.05. The quantitative estimate of drug-likeness (QED) is 0.882. The minimum atomic E-state index is -0.599. The van der Waals surface area contributed by atoms with Crippen LogP contribution in [0.1, 0.15) is 39.7 Å². The van der Waals surface area contributed by atoms with Crippen LogP contribution < -0.4 is 0 Å². The Morgan fingerprint density at radius 1 is 1.17 bits per heavy atom. The normalized spacial score (nSPS) is 12.8. The van der Waals surface area contributed by atoms with Crippen LogP contribution in [0.4, 0.5) is 0 Å². The predicted molar refractivity (Wildman–Crippen MR) is 72.7 cm³/mol. The Labute approximate surface area is 108 Å². The first-order chi connectivity index (χ1) is 8.43. The highest BCUT2D eigenvalue weighted by Gasteiger charge is 2.21. The van der Waals surface area contributed by atoms with Crippen molar-refractivity contribution < 1.29 is 5.11 Å². The van der Waals surface area contributed by atoms with E-state index in [2.05, 4.69) is 25.0 Å². The molecule has 0 radical (unpaired) electrons. The first-order valence-electron chi connectivity index (χ1n) is 6.17. The zero-order chi connectivity index (χ0) is 13.4. The molecule has 0 fully saturated rings. The van der Waals surface area contributed by atoms with Crippen LogP contribution in [-0.4, -0.2) is 14.9 Å². The number of hydrogen-bond donors (Lipinski definition) is 1. The summed E-state index contributed by atoms with van der Waals surface area (Å²) in [4.78, 5) is 0. The van der Waals surface area contributed by atoms with Crippen molar-refractivity contribution in [1.29, 1.82) is 0 Å². The first kappa shape index (κ1) is 12.8. The van der Waals surface area contributed by atoms with Crippen LogP contribution in [0.3, 0.4) is 0 Å². The molecule has 3 nitrogen and oxygen atoms in total. The van der Waals surface area contributed by atoms with Crippen LogP contribution in [0.5, 0.6) is 0 Å². The molecule has 18 heavy (non-hydrogen) atoms. The number of aliphatic hydroxyl groups excluding tert-OH is 1. The van der Waals surface area contributed by atoms with Crippen LogP contribution >= 0.6 is 0 Å². The van der Waals surface area contributed by atoms with Gasteiger partial charge in [-0.25, -0.2) is 0 Å². The number of rotatable bonds is 2. The zero-order valence-electron chi connectivity index (χ0n) is 11.7. The smallest absolute Gasteiger partial charge is 0.108 e. The van der Waals surface area contributed by atoms with E-state index in [1.54, 1.807) is 0 Å². The third-order valence-corrected chi connectivity index (χ3v) is 3.78. The van der Waals surface area contributed by atoms with Crippen LogP contribution in [0, 0.1) is 27.7 Å². The molecular weight excluding hydrogens is 224 g/mol. The van der Waals surface area contributed by atoms with Gasteiger partial charge in [0, 0.05) is 18.3 Å².